The molecule has 0 aliphatic carbocycles. The Morgan fingerprint density at radius 2 is 1.76 bits per heavy atom. The summed E-state index contributed by atoms with van der Waals surface area (Å²) in [7, 11) is 0. The van der Waals surface area contributed by atoms with E-state index in [9.17, 15) is 17.6 Å². The first kappa shape index (κ1) is 16.4. The van der Waals surface area contributed by atoms with Crippen molar-refractivity contribution in [1.29, 1.82) is 5.26 Å². The number of aromatic nitrogens is 3. The molecule has 0 bridgehead atoms. The predicted molar refractivity (Wildman–Crippen MR) is 77.1 cm³/mol. The van der Waals surface area contributed by atoms with Gasteiger partial charge in [-0.1, -0.05) is 6.07 Å². The number of nitrogens with zero attached hydrogens (tertiary/aromatic N) is 3. The highest BCUT2D eigenvalue weighted by Gasteiger charge is 2.19. The van der Waals surface area contributed by atoms with Crippen LogP contribution in [-0.2, 0) is 6.61 Å². The van der Waals surface area contributed by atoms with E-state index in [2.05, 4.69) is 15.4 Å². The summed E-state index contributed by atoms with van der Waals surface area (Å²) in [6.45, 7) is -0.559. The zero-order valence-electron chi connectivity index (χ0n) is 12.4. The summed E-state index contributed by atoms with van der Waals surface area (Å²) < 4.78 is 59.3. The monoisotopic (exact) mass is 348 g/mol. The number of nitrogens with one attached hydrogen (secondary N) is 1. The highest BCUT2D eigenvalue weighted by atomic mass is 19.2. The SMILES string of the molecule is N#Cc1n[nH]nc1-c1cccc(F)c1OCc1cc(F)c(F)cc1F. The Kier molecular flexibility index (Phi) is 4.35. The Balaban J connectivity index is 1.96. The molecule has 0 fully saturated rings. The van der Waals surface area contributed by atoms with E-state index >= 15 is 0 Å². The summed E-state index contributed by atoms with van der Waals surface area (Å²) in [5.74, 6) is -4.74. The van der Waals surface area contributed by atoms with Crippen molar-refractivity contribution in [3.63, 3.8) is 0 Å². The van der Waals surface area contributed by atoms with Crippen LogP contribution in [0.2, 0.25) is 0 Å². The maximum atomic E-state index is 14.1. The molecule has 9 heteroatoms. The minimum atomic E-state index is -1.34. The number of hydrogen-bond acceptors (Lipinski definition) is 4. The molecule has 0 aliphatic rings. The minimum absolute atomic E-state index is 0.0442. The summed E-state index contributed by atoms with van der Waals surface area (Å²) in [6, 6.07) is 6.67. The Bertz CT molecular complexity index is 981. The number of rotatable bonds is 4. The van der Waals surface area contributed by atoms with Gasteiger partial charge in [0.2, 0.25) is 0 Å². The number of halogens is 4. The molecule has 0 aliphatic heterocycles. The van der Waals surface area contributed by atoms with E-state index in [-0.39, 0.29) is 28.3 Å². The Labute approximate surface area is 138 Å². The fraction of sp³-hybridized carbons (Fsp3) is 0.0625. The van der Waals surface area contributed by atoms with Crippen molar-refractivity contribution in [2.75, 3.05) is 0 Å². The van der Waals surface area contributed by atoms with E-state index in [4.69, 9.17) is 10.00 Å². The molecular weight excluding hydrogens is 340 g/mol. The van der Waals surface area contributed by atoms with Crippen LogP contribution in [0.5, 0.6) is 5.75 Å². The summed E-state index contributed by atoms with van der Waals surface area (Å²) >= 11 is 0. The van der Waals surface area contributed by atoms with Gasteiger partial charge in [-0.3, -0.25) is 0 Å². The van der Waals surface area contributed by atoms with Crippen LogP contribution >= 0.6 is 0 Å². The van der Waals surface area contributed by atoms with Crippen LogP contribution < -0.4 is 4.74 Å². The first-order valence-electron chi connectivity index (χ1n) is 6.87. The van der Waals surface area contributed by atoms with Crippen LogP contribution in [0.25, 0.3) is 11.3 Å². The zero-order valence-corrected chi connectivity index (χ0v) is 12.4. The zero-order chi connectivity index (χ0) is 18.0. The summed E-state index contributed by atoms with van der Waals surface area (Å²) in [5.41, 5.74) is -0.237. The standard InChI is InChI=1S/C16H8F4N4O/c17-10-3-1-2-9(15-14(6-21)22-24-23-15)16(10)25-7-8-4-12(19)13(20)5-11(8)18/h1-5H,7H2,(H,22,23,24). The van der Waals surface area contributed by atoms with Crippen molar-refractivity contribution in [2.45, 2.75) is 6.61 Å². The Morgan fingerprint density at radius 3 is 2.52 bits per heavy atom. The fourth-order valence-corrected chi connectivity index (χ4v) is 2.16. The maximum Gasteiger partial charge on any atom is 0.190 e. The van der Waals surface area contributed by atoms with E-state index < -0.39 is 29.9 Å². The Morgan fingerprint density at radius 1 is 1.00 bits per heavy atom. The van der Waals surface area contributed by atoms with Gasteiger partial charge in [0.05, 0.1) is 5.56 Å². The van der Waals surface area contributed by atoms with E-state index in [1.807, 2.05) is 0 Å². The molecule has 3 rings (SSSR count). The second kappa shape index (κ2) is 6.60. The van der Waals surface area contributed by atoms with Crippen LogP contribution in [0, 0.1) is 34.6 Å². The number of aromatic amines is 1. The Hall–Kier alpha value is -3.41. The molecule has 0 saturated heterocycles. The normalized spacial score (nSPS) is 10.5. The molecule has 0 saturated carbocycles. The van der Waals surface area contributed by atoms with E-state index in [1.54, 1.807) is 6.07 Å². The molecule has 1 heterocycles. The lowest BCUT2D eigenvalue weighted by atomic mass is 10.1. The summed E-state index contributed by atoms with van der Waals surface area (Å²) in [6.07, 6.45) is 0. The molecule has 1 N–H and O–H groups in total. The third kappa shape index (κ3) is 3.14. The molecule has 0 atom stereocenters. The molecular formula is C16H8F4N4O. The van der Waals surface area contributed by atoms with Crippen molar-refractivity contribution in [3.8, 4) is 23.1 Å². The lowest BCUT2D eigenvalue weighted by Crippen LogP contribution is -2.03. The van der Waals surface area contributed by atoms with Crippen molar-refractivity contribution < 1.29 is 22.3 Å². The first-order chi connectivity index (χ1) is 12.0. The number of H-pyrrole nitrogens is 1. The van der Waals surface area contributed by atoms with Crippen LogP contribution in [0.1, 0.15) is 11.3 Å². The molecule has 2 aromatic carbocycles. The van der Waals surface area contributed by atoms with Crippen molar-refractivity contribution >= 4 is 0 Å². The van der Waals surface area contributed by atoms with Crippen LogP contribution in [-0.4, -0.2) is 15.4 Å². The predicted octanol–water partition coefficient (Wildman–Crippen LogP) is 3.48. The van der Waals surface area contributed by atoms with Crippen molar-refractivity contribution in [3.05, 3.63) is 64.9 Å². The molecule has 126 valence electrons. The van der Waals surface area contributed by atoms with Crippen molar-refractivity contribution in [1.82, 2.24) is 15.4 Å². The lowest BCUT2D eigenvalue weighted by molar-refractivity contribution is 0.284. The molecule has 1 aromatic heterocycles. The van der Waals surface area contributed by atoms with Gasteiger partial charge in [-0.25, -0.2) is 17.6 Å². The third-order valence-corrected chi connectivity index (χ3v) is 3.34. The van der Waals surface area contributed by atoms with Gasteiger partial charge in [0.25, 0.3) is 0 Å². The van der Waals surface area contributed by atoms with Crippen LogP contribution in [0.15, 0.2) is 30.3 Å². The van der Waals surface area contributed by atoms with E-state index in [0.29, 0.717) is 12.1 Å². The third-order valence-electron chi connectivity index (χ3n) is 3.34. The second-order valence-electron chi connectivity index (χ2n) is 4.90. The minimum Gasteiger partial charge on any atom is -0.485 e. The average molecular weight is 348 g/mol. The van der Waals surface area contributed by atoms with Crippen LogP contribution in [0.4, 0.5) is 17.6 Å². The van der Waals surface area contributed by atoms with Gasteiger partial charge in [0.15, 0.2) is 28.9 Å². The molecule has 0 spiro atoms. The average Bonchev–Trinajstić information content (AvgIpc) is 3.06. The molecule has 5 nitrogen and oxygen atoms in total. The van der Waals surface area contributed by atoms with Gasteiger partial charge in [-0.05, 0) is 18.2 Å². The first-order valence-corrected chi connectivity index (χ1v) is 6.87. The smallest absolute Gasteiger partial charge is 0.190 e. The highest BCUT2D eigenvalue weighted by molar-refractivity contribution is 5.70. The summed E-state index contributed by atoms with van der Waals surface area (Å²) in [5, 5.41) is 18.6. The molecule has 25 heavy (non-hydrogen) atoms. The number of para-hydroxylation sites is 1. The number of nitriles is 1. The topological polar surface area (TPSA) is 74.6 Å². The lowest BCUT2D eigenvalue weighted by Gasteiger charge is -2.12. The van der Waals surface area contributed by atoms with Gasteiger partial charge < -0.3 is 4.74 Å². The highest BCUT2D eigenvalue weighted by Crippen LogP contribution is 2.33. The molecule has 0 amide bonds. The van der Waals surface area contributed by atoms with Gasteiger partial charge in [-0.2, -0.15) is 15.6 Å². The van der Waals surface area contributed by atoms with E-state index in [0.717, 1.165) is 6.07 Å². The summed E-state index contributed by atoms with van der Waals surface area (Å²) in [4.78, 5) is 0. The van der Waals surface area contributed by atoms with E-state index in [1.165, 1.54) is 12.1 Å². The fourth-order valence-electron chi connectivity index (χ4n) is 2.16. The number of hydrogen-bond donors (Lipinski definition) is 1. The van der Waals surface area contributed by atoms with Crippen molar-refractivity contribution in [2.24, 2.45) is 0 Å². The van der Waals surface area contributed by atoms with Gasteiger partial charge >= 0.3 is 0 Å². The molecule has 0 unspecified atom stereocenters. The largest absolute Gasteiger partial charge is 0.485 e. The number of benzene rings is 2. The van der Waals surface area contributed by atoms with Gasteiger partial charge in [0.1, 0.15) is 24.2 Å². The second-order valence-corrected chi connectivity index (χ2v) is 4.90. The number of ether oxygens (including phenoxy) is 1. The van der Waals surface area contributed by atoms with Gasteiger partial charge in [-0.15, -0.1) is 5.10 Å². The van der Waals surface area contributed by atoms with Gasteiger partial charge in [0, 0.05) is 11.6 Å². The molecule has 0 radical (unpaired) electrons. The molecule has 3 aromatic rings. The maximum absolute atomic E-state index is 14.1. The van der Waals surface area contributed by atoms with Crippen LogP contribution in [0.3, 0.4) is 0 Å². The quantitative estimate of drug-likeness (QED) is 0.579.